The molecule has 0 atom stereocenters. The molecule has 5 heteroatoms. The van der Waals surface area contributed by atoms with Crippen LogP contribution in [0.25, 0.3) is 0 Å². The number of H-pyrrole nitrogens is 1. The average Bonchev–Trinajstić information content (AvgIpc) is 2.12. The minimum absolute atomic E-state index is 0.161. The van der Waals surface area contributed by atoms with Crippen molar-refractivity contribution >= 4 is 5.91 Å². The summed E-state index contributed by atoms with van der Waals surface area (Å²) in [6.45, 7) is 4.23. The molecule has 15 heavy (non-hydrogen) atoms. The highest BCUT2D eigenvalue weighted by Gasteiger charge is 2.13. The summed E-state index contributed by atoms with van der Waals surface area (Å²) in [6.07, 6.45) is 0. The zero-order valence-electron chi connectivity index (χ0n) is 8.89. The van der Waals surface area contributed by atoms with Crippen LogP contribution in [0.2, 0.25) is 0 Å². The Morgan fingerprint density at radius 2 is 2.20 bits per heavy atom. The predicted octanol–water partition coefficient (Wildman–Crippen LogP) is -0.320. The summed E-state index contributed by atoms with van der Waals surface area (Å²) >= 11 is 0. The molecule has 1 rings (SSSR count). The lowest BCUT2D eigenvalue weighted by Crippen LogP contribution is -2.34. The Hall–Kier alpha value is -1.62. The Morgan fingerprint density at radius 1 is 1.53 bits per heavy atom. The van der Waals surface area contributed by atoms with Crippen LogP contribution in [0, 0.1) is 13.8 Å². The van der Waals surface area contributed by atoms with Crippen LogP contribution in [0.4, 0.5) is 0 Å². The molecule has 1 amide bonds. The van der Waals surface area contributed by atoms with Gasteiger partial charge in [0.2, 0.25) is 0 Å². The summed E-state index contributed by atoms with van der Waals surface area (Å²) in [5, 5.41) is 2.57. The summed E-state index contributed by atoms with van der Waals surface area (Å²) in [5.74, 6) is -0.376. The van der Waals surface area contributed by atoms with Gasteiger partial charge in [-0.2, -0.15) is 0 Å². The second-order valence-corrected chi connectivity index (χ2v) is 3.38. The molecule has 0 unspecified atom stereocenters. The van der Waals surface area contributed by atoms with E-state index >= 15 is 0 Å². The zero-order valence-corrected chi connectivity index (χ0v) is 8.89. The molecule has 5 nitrogen and oxygen atoms in total. The number of carbonyl (C=O) groups excluding carboxylic acids is 1. The van der Waals surface area contributed by atoms with Gasteiger partial charge in [0.25, 0.3) is 11.5 Å². The molecule has 0 aliphatic rings. The summed E-state index contributed by atoms with van der Waals surface area (Å²) in [5.41, 5.74) is 6.47. The lowest BCUT2D eigenvalue weighted by molar-refractivity contribution is 0.0952. The van der Waals surface area contributed by atoms with E-state index in [0.717, 1.165) is 5.69 Å². The number of aromatic nitrogens is 1. The van der Waals surface area contributed by atoms with Gasteiger partial charge in [-0.3, -0.25) is 9.59 Å². The first-order valence-electron chi connectivity index (χ1n) is 4.75. The van der Waals surface area contributed by atoms with Crippen molar-refractivity contribution in [1.29, 1.82) is 0 Å². The van der Waals surface area contributed by atoms with Gasteiger partial charge in [0.15, 0.2) is 0 Å². The topological polar surface area (TPSA) is 88.0 Å². The first-order valence-corrected chi connectivity index (χ1v) is 4.75. The van der Waals surface area contributed by atoms with E-state index in [-0.39, 0.29) is 17.0 Å². The highest BCUT2D eigenvalue weighted by molar-refractivity contribution is 5.95. The molecule has 0 aromatic carbocycles. The van der Waals surface area contributed by atoms with Gasteiger partial charge < -0.3 is 16.0 Å². The SMILES string of the molecule is Cc1cc(C)c(C(=O)NCCN)c(=O)[nH]1. The van der Waals surface area contributed by atoms with Crippen LogP contribution in [0.15, 0.2) is 10.9 Å². The minimum Gasteiger partial charge on any atom is -0.351 e. The van der Waals surface area contributed by atoms with Crippen LogP contribution in [-0.4, -0.2) is 24.0 Å². The molecule has 0 fully saturated rings. The van der Waals surface area contributed by atoms with E-state index in [4.69, 9.17) is 5.73 Å². The maximum atomic E-state index is 11.6. The van der Waals surface area contributed by atoms with Gasteiger partial charge in [0.1, 0.15) is 5.56 Å². The number of aryl methyl sites for hydroxylation is 2. The highest BCUT2D eigenvalue weighted by atomic mass is 16.2. The number of carbonyl (C=O) groups is 1. The molecule has 1 aromatic heterocycles. The first kappa shape index (κ1) is 11.5. The van der Waals surface area contributed by atoms with Gasteiger partial charge in [-0.25, -0.2) is 0 Å². The summed E-state index contributed by atoms with van der Waals surface area (Å²) in [6, 6.07) is 1.76. The molecule has 0 radical (unpaired) electrons. The smallest absolute Gasteiger partial charge is 0.261 e. The molecule has 4 N–H and O–H groups in total. The van der Waals surface area contributed by atoms with E-state index in [1.165, 1.54) is 0 Å². The van der Waals surface area contributed by atoms with Gasteiger partial charge in [0, 0.05) is 18.8 Å². The van der Waals surface area contributed by atoms with Crippen molar-refractivity contribution in [2.75, 3.05) is 13.1 Å². The van der Waals surface area contributed by atoms with Crippen molar-refractivity contribution in [3.8, 4) is 0 Å². The first-order chi connectivity index (χ1) is 7.06. The number of pyridine rings is 1. The van der Waals surface area contributed by atoms with Gasteiger partial charge in [-0.05, 0) is 25.5 Å². The van der Waals surface area contributed by atoms with Gasteiger partial charge in [-0.1, -0.05) is 0 Å². The molecule has 0 bridgehead atoms. The Balaban J connectivity index is 3.04. The number of nitrogens with two attached hydrogens (primary N) is 1. The van der Waals surface area contributed by atoms with Crippen LogP contribution in [0.1, 0.15) is 21.6 Å². The van der Waals surface area contributed by atoms with Crippen LogP contribution in [0.3, 0.4) is 0 Å². The van der Waals surface area contributed by atoms with E-state index in [1.54, 1.807) is 19.9 Å². The maximum Gasteiger partial charge on any atom is 0.261 e. The van der Waals surface area contributed by atoms with E-state index < -0.39 is 0 Å². The van der Waals surface area contributed by atoms with Gasteiger partial charge in [0.05, 0.1) is 0 Å². The standard InChI is InChI=1S/C10H15N3O2/c1-6-5-7(2)13-10(15)8(6)9(14)12-4-3-11/h5H,3-4,11H2,1-2H3,(H,12,14)(H,13,15). The summed E-state index contributed by atoms with van der Waals surface area (Å²) in [4.78, 5) is 25.7. The Kier molecular flexibility index (Phi) is 3.62. The summed E-state index contributed by atoms with van der Waals surface area (Å²) in [7, 11) is 0. The second-order valence-electron chi connectivity index (χ2n) is 3.38. The lowest BCUT2D eigenvalue weighted by atomic mass is 10.1. The normalized spacial score (nSPS) is 10.1. The third-order valence-electron chi connectivity index (χ3n) is 2.02. The minimum atomic E-state index is -0.376. The van der Waals surface area contributed by atoms with E-state index in [2.05, 4.69) is 10.3 Å². The molecule has 1 heterocycles. The molecule has 1 aromatic rings. The molecular weight excluding hydrogens is 194 g/mol. The fraction of sp³-hybridized carbons (Fsp3) is 0.400. The molecular formula is C10H15N3O2. The molecule has 82 valence electrons. The average molecular weight is 209 g/mol. The second kappa shape index (κ2) is 4.75. The number of nitrogens with one attached hydrogen (secondary N) is 2. The fourth-order valence-electron chi connectivity index (χ4n) is 1.41. The maximum absolute atomic E-state index is 11.6. The van der Waals surface area contributed by atoms with E-state index in [9.17, 15) is 9.59 Å². The number of aromatic amines is 1. The van der Waals surface area contributed by atoms with Crippen molar-refractivity contribution in [2.45, 2.75) is 13.8 Å². The monoisotopic (exact) mass is 209 g/mol. The zero-order chi connectivity index (χ0) is 11.4. The third-order valence-corrected chi connectivity index (χ3v) is 2.02. The van der Waals surface area contributed by atoms with E-state index in [0.29, 0.717) is 18.7 Å². The molecule has 0 saturated heterocycles. The Morgan fingerprint density at radius 3 is 2.73 bits per heavy atom. The Labute approximate surface area is 87.7 Å². The molecule has 0 aliphatic heterocycles. The largest absolute Gasteiger partial charge is 0.351 e. The van der Waals surface area contributed by atoms with Crippen LogP contribution >= 0.6 is 0 Å². The van der Waals surface area contributed by atoms with Crippen LogP contribution in [0.5, 0.6) is 0 Å². The van der Waals surface area contributed by atoms with Crippen molar-refractivity contribution in [1.82, 2.24) is 10.3 Å². The van der Waals surface area contributed by atoms with Gasteiger partial charge >= 0.3 is 0 Å². The van der Waals surface area contributed by atoms with Crippen molar-refractivity contribution < 1.29 is 4.79 Å². The predicted molar refractivity (Wildman–Crippen MR) is 57.9 cm³/mol. The summed E-state index contributed by atoms with van der Waals surface area (Å²) < 4.78 is 0. The van der Waals surface area contributed by atoms with Crippen molar-refractivity contribution in [3.05, 3.63) is 33.2 Å². The Bertz CT molecular complexity index is 423. The number of rotatable bonds is 3. The molecule has 0 aliphatic carbocycles. The van der Waals surface area contributed by atoms with E-state index in [1.807, 2.05) is 0 Å². The van der Waals surface area contributed by atoms with Crippen molar-refractivity contribution in [2.24, 2.45) is 5.73 Å². The molecule has 0 saturated carbocycles. The fourth-order valence-corrected chi connectivity index (χ4v) is 1.41. The van der Waals surface area contributed by atoms with Gasteiger partial charge in [-0.15, -0.1) is 0 Å². The lowest BCUT2D eigenvalue weighted by Gasteiger charge is -2.06. The number of amides is 1. The molecule has 0 spiro atoms. The highest BCUT2D eigenvalue weighted by Crippen LogP contribution is 2.02. The van der Waals surface area contributed by atoms with Crippen LogP contribution < -0.4 is 16.6 Å². The van der Waals surface area contributed by atoms with Crippen molar-refractivity contribution in [3.63, 3.8) is 0 Å². The van der Waals surface area contributed by atoms with Crippen LogP contribution in [-0.2, 0) is 0 Å². The number of hydrogen-bond acceptors (Lipinski definition) is 3. The third kappa shape index (κ3) is 2.66. The quantitative estimate of drug-likeness (QED) is 0.637. The number of hydrogen-bond donors (Lipinski definition) is 3.